The first kappa shape index (κ1) is 18.0. The van der Waals surface area contributed by atoms with E-state index in [0.717, 1.165) is 6.07 Å². The molecule has 0 saturated carbocycles. The first-order valence-electron chi connectivity index (χ1n) is 6.96. The fourth-order valence-corrected chi connectivity index (χ4v) is 3.25. The van der Waals surface area contributed by atoms with Crippen LogP contribution in [0.4, 0.5) is 4.39 Å². The molecule has 0 aliphatic carbocycles. The van der Waals surface area contributed by atoms with Crippen molar-refractivity contribution in [2.24, 2.45) is 0 Å². The molecule has 0 bridgehead atoms. The molecule has 0 fully saturated rings. The Morgan fingerprint density at radius 3 is 2.08 bits per heavy atom. The van der Waals surface area contributed by atoms with Crippen LogP contribution >= 0.6 is 0 Å². The third kappa shape index (κ3) is 3.77. The molecular formula is C16H18FNO5S. The molecule has 0 aliphatic heterocycles. The first-order valence-corrected chi connectivity index (χ1v) is 8.44. The summed E-state index contributed by atoms with van der Waals surface area (Å²) >= 11 is 0. The summed E-state index contributed by atoms with van der Waals surface area (Å²) in [6, 6.07) is 8.40. The summed E-state index contributed by atoms with van der Waals surface area (Å²) in [7, 11) is 0.417. The molecule has 2 aromatic rings. The van der Waals surface area contributed by atoms with Gasteiger partial charge in [-0.15, -0.1) is 0 Å². The largest absolute Gasteiger partial charge is 0.493 e. The van der Waals surface area contributed by atoms with Gasteiger partial charge in [0.25, 0.3) is 0 Å². The molecule has 0 aliphatic rings. The smallest absolute Gasteiger partial charge is 0.243 e. The van der Waals surface area contributed by atoms with Crippen molar-refractivity contribution >= 4 is 10.0 Å². The lowest BCUT2D eigenvalue weighted by atomic mass is 10.2. The molecule has 0 atom stereocenters. The Bertz CT molecular complexity index is 798. The molecule has 0 aromatic heterocycles. The summed E-state index contributed by atoms with van der Waals surface area (Å²) in [5.74, 6) is 0.393. The quantitative estimate of drug-likeness (QED) is 0.825. The van der Waals surface area contributed by atoms with Crippen LogP contribution in [0.25, 0.3) is 0 Å². The average Bonchev–Trinajstić information content (AvgIpc) is 2.59. The fourth-order valence-electron chi connectivity index (χ4n) is 2.16. The summed E-state index contributed by atoms with van der Waals surface area (Å²) in [4.78, 5) is -0.405. The highest BCUT2D eigenvalue weighted by molar-refractivity contribution is 7.89. The maximum atomic E-state index is 13.7. The Morgan fingerprint density at radius 1 is 1.00 bits per heavy atom. The highest BCUT2D eigenvalue weighted by Gasteiger charge is 2.19. The van der Waals surface area contributed by atoms with Crippen LogP contribution in [0.1, 0.15) is 5.56 Å². The van der Waals surface area contributed by atoms with Gasteiger partial charge in [0.1, 0.15) is 10.7 Å². The predicted molar refractivity (Wildman–Crippen MR) is 86.5 cm³/mol. The first-order chi connectivity index (χ1) is 11.4. The Morgan fingerprint density at radius 2 is 1.58 bits per heavy atom. The van der Waals surface area contributed by atoms with Gasteiger partial charge in [0.05, 0.1) is 21.3 Å². The van der Waals surface area contributed by atoms with E-state index in [-0.39, 0.29) is 6.54 Å². The zero-order valence-electron chi connectivity index (χ0n) is 13.5. The molecule has 6 nitrogen and oxygen atoms in total. The third-order valence-electron chi connectivity index (χ3n) is 3.32. The second-order valence-electron chi connectivity index (χ2n) is 4.79. The van der Waals surface area contributed by atoms with Crippen molar-refractivity contribution in [2.45, 2.75) is 11.4 Å². The molecule has 0 amide bonds. The minimum Gasteiger partial charge on any atom is -0.493 e. The van der Waals surface area contributed by atoms with Crippen molar-refractivity contribution in [1.29, 1.82) is 0 Å². The number of ether oxygens (including phenoxy) is 3. The van der Waals surface area contributed by atoms with Gasteiger partial charge in [0.2, 0.25) is 15.8 Å². The van der Waals surface area contributed by atoms with Crippen LogP contribution < -0.4 is 18.9 Å². The van der Waals surface area contributed by atoms with E-state index in [2.05, 4.69) is 4.72 Å². The van der Waals surface area contributed by atoms with Gasteiger partial charge in [-0.3, -0.25) is 0 Å². The molecule has 8 heteroatoms. The van der Waals surface area contributed by atoms with Gasteiger partial charge in [-0.05, 0) is 29.8 Å². The van der Waals surface area contributed by atoms with E-state index >= 15 is 0 Å². The van der Waals surface area contributed by atoms with E-state index in [9.17, 15) is 12.8 Å². The molecule has 1 N–H and O–H groups in total. The number of rotatable bonds is 7. The van der Waals surface area contributed by atoms with Gasteiger partial charge in [-0.25, -0.2) is 17.5 Å². The summed E-state index contributed by atoms with van der Waals surface area (Å²) in [6.45, 7) is -0.0621. The molecule has 130 valence electrons. The number of methoxy groups -OCH3 is 3. The average molecular weight is 355 g/mol. The maximum absolute atomic E-state index is 13.7. The van der Waals surface area contributed by atoms with Gasteiger partial charge in [-0.1, -0.05) is 12.1 Å². The molecule has 2 aromatic carbocycles. The van der Waals surface area contributed by atoms with Crippen molar-refractivity contribution in [2.75, 3.05) is 21.3 Å². The van der Waals surface area contributed by atoms with Crippen molar-refractivity contribution in [3.63, 3.8) is 0 Å². The summed E-state index contributed by atoms with van der Waals surface area (Å²) < 4.78 is 56.1. The Balaban J connectivity index is 2.27. The van der Waals surface area contributed by atoms with Gasteiger partial charge in [-0.2, -0.15) is 0 Å². The van der Waals surface area contributed by atoms with Crippen LogP contribution in [0.3, 0.4) is 0 Å². The number of hydrogen-bond acceptors (Lipinski definition) is 5. The van der Waals surface area contributed by atoms with Gasteiger partial charge >= 0.3 is 0 Å². The molecule has 2 rings (SSSR count). The predicted octanol–water partition coefficient (Wildman–Crippen LogP) is 2.33. The van der Waals surface area contributed by atoms with E-state index in [1.165, 1.54) is 39.5 Å². The van der Waals surface area contributed by atoms with Crippen LogP contribution in [0.2, 0.25) is 0 Å². The number of sulfonamides is 1. The molecule has 0 unspecified atom stereocenters. The number of hydrogen-bond donors (Lipinski definition) is 1. The molecular weight excluding hydrogens is 337 g/mol. The highest BCUT2D eigenvalue weighted by Crippen LogP contribution is 2.38. The van der Waals surface area contributed by atoms with E-state index in [1.54, 1.807) is 12.1 Å². The van der Waals surface area contributed by atoms with Crippen molar-refractivity contribution in [3.8, 4) is 17.2 Å². The minimum atomic E-state index is -3.98. The fraction of sp³-hybridized carbons (Fsp3) is 0.250. The zero-order valence-corrected chi connectivity index (χ0v) is 14.3. The van der Waals surface area contributed by atoms with Crippen LogP contribution in [0, 0.1) is 5.82 Å². The molecule has 0 saturated heterocycles. The second kappa shape index (κ2) is 7.50. The van der Waals surface area contributed by atoms with Gasteiger partial charge < -0.3 is 14.2 Å². The summed E-state index contributed by atoms with van der Waals surface area (Å²) in [5.41, 5.74) is 0.574. The van der Waals surface area contributed by atoms with Crippen LogP contribution in [-0.4, -0.2) is 29.7 Å². The normalized spacial score (nSPS) is 11.2. The SMILES string of the molecule is COc1cc(CNS(=O)(=O)c2ccccc2F)cc(OC)c1OC. The van der Waals surface area contributed by atoms with E-state index in [1.807, 2.05) is 0 Å². The van der Waals surface area contributed by atoms with E-state index < -0.39 is 20.7 Å². The molecule has 0 spiro atoms. The lowest BCUT2D eigenvalue weighted by molar-refractivity contribution is 0.323. The van der Waals surface area contributed by atoms with Crippen LogP contribution in [0.15, 0.2) is 41.3 Å². The van der Waals surface area contributed by atoms with Gasteiger partial charge in [0, 0.05) is 6.54 Å². The van der Waals surface area contributed by atoms with Gasteiger partial charge in [0.15, 0.2) is 11.5 Å². The minimum absolute atomic E-state index is 0.0621. The van der Waals surface area contributed by atoms with E-state index in [4.69, 9.17) is 14.2 Å². The Hall–Kier alpha value is -2.32. The monoisotopic (exact) mass is 355 g/mol. The van der Waals surface area contributed by atoms with Crippen LogP contribution in [-0.2, 0) is 16.6 Å². The number of benzene rings is 2. The topological polar surface area (TPSA) is 73.9 Å². The molecule has 0 radical (unpaired) electrons. The van der Waals surface area contributed by atoms with E-state index in [0.29, 0.717) is 22.8 Å². The zero-order chi connectivity index (χ0) is 17.7. The maximum Gasteiger partial charge on any atom is 0.243 e. The molecule has 24 heavy (non-hydrogen) atoms. The van der Waals surface area contributed by atoms with Crippen molar-refractivity contribution in [3.05, 3.63) is 47.8 Å². The summed E-state index contributed by atoms with van der Waals surface area (Å²) in [5, 5.41) is 0. The second-order valence-corrected chi connectivity index (χ2v) is 6.52. The van der Waals surface area contributed by atoms with Crippen molar-refractivity contribution in [1.82, 2.24) is 4.72 Å². The van der Waals surface area contributed by atoms with Crippen molar-refractivity contribution < 1.29 is 27.0 Å². The molecule has 0 heterocycles. The number of halogens is 1. The number of nitrogens with one attached hydrogen (secondary N) is 1. The summed E-state index contributed by atoms with van der Waals surface area (Å²) in [6.07, 6.45) is 0. The Labute approximate surface area is 140 Å². The lowest BCUT2D eigenvalue weighted by Crippen LogP contribution is -2.24. The third-order valence-corrected chi connectivity index (χ3v) is 4.75. The van der Waals surface area contributed by atoms with Crippen LogP contribution in [0.5, 0.6) is 17.2 Å². The Kier molecular flexibility index (Phi) is 5.63. The standard InChI is InChI=1S/C16H18FNO5S/c1-21-13-8-11(9-14(22-2)16(13)23-3)10-18-24(19,20)15-7-5-4-6-12(15)17/h4-9,18H,10H2,1-3H3. The highest BCUT2D eigenvalue weighted by atomic mass is 32.2. The lowest BCUT2D eigenvalue weighted by Gasteiger charge is -2.14.